The number of carbonyl (C=O) groups is 1. The Morgan fingerprint density at radius 1 is 1.12 bits per heavy atom. The van der Waals surface area contributed by atoms with E-state index in [9.17, 15) is 9.18 Å². The fourth-order valence-electron chi connectivity index (χ4n) is 3.89. The topological polar surface area (TPSA) is 94.2 Å². The van der Waals surface area contributed by atoms with Gasteiger partial charge in [0.25, 0.3) is 0 Å². The Balaban J connectivity index is 1.74. The lowest BCUT2D eigenvalue weighted by Gasteiger charge is -2.39. The van der Waals surface area contributed by atoms with Gasteiger partial charge in [0.2, 0.25) is 5.91 Å². The summed E-state index contributed by atoms with van der Waals surface area (Å²) >= 11 is 0. The maximum Gasteiger partial charge on any atom is 0.224 e. The quantitative estimate of drug-likeness (QED) is 0.522. The first-order valence-corrected chi connectivity index (χ1v) is 10.1. The highest BCUT2D eigenvalue weighted by Gasteiger charge is 2.33. The van der Waals surface area contributed by atoms with Crippen LogP contribution in [0.3, 0.4) is 0 Å². The molecule has 0 saturated carbocycles. The number of nitrogens with two attached hydrogens (primary N) is 1. The van der Waals surface area contributed by atoms with E-state index in [4.69, 9.17) is 20.4 Å². The van der Waals surface area contributed by atoms with Gasteiger partial charge in [0, 0.05) is 42.0 Å². The van der Waals surface area contributed by atoms with E-state index in [1.54, 1.807) is 43.8 Å². The molecule has 5 rings (SSSR count). The van der Waals surface area contributed by atoms with Crippen LogP contribution in [0.1, 0.15) is 0 Å². The molecule has 4 aromatic rings. The number of anilines is 1. The van der Waals surface area contributed by atoms with Crippen molar-refractivity contribution in [1.29, 1.82) is 0 Å². The van der Waals surface area contributed by atoms with Gasteiger partial charge in [-0.1, -0.05) is 18.2 Å². The van der Waals surface area contributed by atoms with Crippen LogP contribution in [-0.4, -0.2) is 41.1 Å². The number of hydrogen-bond donors (Lipinski definition) is 1. The number of fused-ring (bicyclic) bond motifs is 1. The third-order valence-corrected chi connectivity index (χ3v) is 5.65. The zero-order valence-electron chi connectivity index (χ0n) is 17.3. The van der Waals surface area contributed by atoms with Crippen LogP contribution >= 0.6 is 0 Å². The van der Waals surface area contributed by atoms with Crippen LogP contribution in [-0.2, 0) is 4.79 Å². The van der Waals surface area contributed by atoms with Crippen molar-refractivity contribution in [3.8, 4) is 28.3 Å². The minimum Gasteiger partial charge on any atom is -0.494 e. The number of methoxy groups -OCH3 is 1. The number of nitrogens with zero attached hydrogens (tertiary/aromatic N) is 4. The Bertz CT molecular complexity index is 1320. The fraction of sp³-hybridized carbons (Fsp3) is 0.167. The highest BCUT2D eigenvalue weighted by Crippen LogP contribution is 2.39. The molecule has 7 nitrogen and oxygen atoms in total. The Hall–Kier alpha value is -4.07. The van der Waals surface area contributed by atoms with Gasteiger partial charge in [-0.2, -0.15) is 0 Å². The summed E-state index contributed by atoms with van der Waals surface area (Å²) in [6.07, 6.45) is 3.37. The number of benzene rings is 2. The van der Waals surface area contributed by atoms with Crippen molar-refractivity contribution in [3.05, 3.63) is 66.7 Å². The molecule has 8 heteroatoms. The second-order valence-corrected chi connectivity index (χ2v) is 7.67. The van der Waals surface area contributed by atoms with Gasteiger partial charge in [-0.3, -0.25) is 9.78 Å². The standard InChI is InChI=1S/C24H20FN5O2/c1-32-20-10-15(17-6-2-3-7-19(17)25)9-18-21(20)28-23(14-5-4-8-27-11-14)29-24(18)30-12-16(13-30)22(26)31/h2-11,16H,12-13H2,1H3,(H2,26,31). The molecule has 3 heterocycles. The minimum atomic E-state index is -0.336. The zero-order valence-corrected chi connectivity index (χ0v) is 17.3. The van der Waals surface area contributed by atoms with Gasteiger partial charge in [0.1, 0.15) is 22.9 Å². The molecule has 0 spiro atoms. The average Bonchev–Trinajstić information content (AvgIpc) is 2.78. The van der Waals surface area contributed by atoms with E-state index >= 15 is 0 Å². The first kappa shape index (κ1) is 19.9. The average molecular weight is 429 g/mol. The summed E-state index contributed by atoms with van der Waals surface area (Å²) in [7, 11) is 1.55. The van der Waals surface area contributed by atoms with Gasteiger partial charge < -0.3 is 15.4 Å². The van der Waals surface area contributed by atoms with Gasteiger partial charge in [-0.25, -0.2) is 14.4 Å². The number of aromatic nitrogens is 3. The molecule has 1 saturated heterocycles. The predicted octanol–water partition coefficient (Wildman–Crippen LogP) is 3.43. The van der Waals surface area contributed by atoms with Crippen molar-refractivity contribution in [2.45, 2.75) is 0 Å². The SMILES string of the molecule is COc1cc(-c2ccccc2F)cc2c(N3CC(C(N)=O)C3)nc(-c3cccnc3)nc12. The predicted molar refractivity (Wildman–Crippen MR) is 120 cm³/mol. The maximum absolute atomic E-state index is 14.5. The maximum atomic E-state index is 14.5. The summed E-state index contributed by atoms with van der Waals surface area (Å²) < 4.78 is 20.2. The zero-order chi connectivity index (χ0) is 22.2. The van der Waals surface area contributed by atoms with Crippen LogP contribution in [0.15, 0.2) is 60.9 Å². The highest BCUT2D eigenvalue weighted by molar-refractivity contribution is 5.99. The van der Waals surface area contributed by atoms with Gasteiger partial charge in [0.15, 0.2) is 5.82 Å². The molecule has 0 aliphatic carbocycles. The normalized spacial score (nSPS) is 13.8. The van der Waals surface area contributed by atoms with Crippen molar-refractivity contribution in [1.82, 2.24) is 15.0 Å². The van der Waals surface area contributed by atoms with E-state index in [0.29, 0.717) is 52.5 Å². The monoisotopic (exact) mass is 429 g/mol. The Labute approximate surface area is 183 Å². The number of rotatable bonds is 5. The smallest absolute Gasteiger partial charge is 0.224 e. The number of ether oxygens (including phenoxy) is 1. The van der Waals surface area contributed by atoms with E-state index in [1.165, 1.54) is 6.07 Å². The Morgan fingerprint density at radius 3 is 2.62 bits per heavy atom. The van der Waals surface area contributed by atoms with Crippen molar-refractivity contribution in [2.24, 2.45) is 11.7 Å². The fourth-order valence-corrected chi connectivity index (χ4v) is 3.89. The lowest BCUT2D eigenvalue weighted by molar-refractivity contribution is -0.122. The number of pyridine rings is 1. The minimum absolute atomic E-state index is 0.237. The Morgan fingerprint density at radius 2 is 1.94 bits per heavy atom. The van der Waals surface area contributed by atoms with E-state index in [2.05, 4.69) is 4.98 Å². The molecule has 2 aromatic carbocycles. The number of primary amides is 1. The third kappa shape index (κ3) is 3.39. The van der Waals surface area contributed by atoms with Gasteiger partial charge in [-0.05, 0) is 35.9 Å². The van der Waals surface area contributed by atoms with E-state index in [-0.39, 0.29) is 17.6 Å². The molecule has 0 bridgehead atoms. The summed E-state index contributed by atoms with van der Waals surface area (Å²) in [5.41, 5.74) is 7.92. The third-order valence-electron chi connectivity index (χ3n) is 5.65. The second-order valence-electron chi connectivity index (χ2n) is 7.67. The van der Waals surface area contributed by atoms with Crippen molar-refractivity contribution >= 4 is 22.6 Å². The van der Waals surface area contributed by atoms with Crippen molar-refractivity contribution in [3.63, 3.8) is 0 Å². The molecule has 2 N–H and O–H groups in total. The summed E-state index contributed by atoms with van der Waals surface area (Å²) in [5, 5.41) is 0.707. The molecule has 0 radical (unpaired) electrons. The van der Waals surface area contributed by atoms with Crippen LogP contribution in [0.5, 0.6) is 5.75 Å². The molecule has 1 fully saturated rings. The summed E-state index contributed by atoms with van der Waals surface area (Å²) in [6.45, 7) is 0.917. The second kappa shape index (κ2) is 7.88. The Kier molecular flexibility index (Phi) is 4.89. The van der Waals surface area contributed by atoms with E-state index in [0.717, 1.165) is 5.56 Å². The summed E-state index contributed by atoms with van der Waals surface area (Å²) in [6, 6.07) is 13.9. The molecule has 2 aromatic heterocycles. The number of hydrogen-bond acceptors (Lipinski definition) is 6. The molecule has 1 amide bonds. The molecule has 32 heavy (non-hydrogen) atoms. The van der Waals surface area contributed by atoms with Gasteiger partial charge >= 0.3 is 0 Å². The molecule has 160 valence electrons. The van der Waals surface area contributed by atoms with E-state index in [1.807, 2.05) is 23.1 Å². The number of amides is 1. The molecule has 0 unspecified atom stereocenters. The van der Waals surface area contributed by atoms with Gasteiger partial charge in [0.05, 0.1) is 13.0 Å². The molecular formula is C24H20FN5O2. The van der Waals surface area contributed by atoms with Crippen LogP contribution in [0.2, 0.25) is 0 Å². The molecular weight excluding hydrogens is 409 g/mol. The molecule has 1 aliphatic heterocycles. The molecule has 1 aliphatic rings. The lowest BCUT2D eigenvalue weighted by Crippen LogP contribution is -2.53. The largest absolute Gasteiger partial charge is 0.494 e. The first-order chi connectivity index (χ1) is 15.5. The van der Waals surface area contributed by atoms with Crippen molar-refractivity contribution < 1.29 is 13.9 Å². The van der Waals surface area contributed by atoms with Crippen LogP contribution < -0.4 is 15.4 Å². The molecule has 0 atom stereocenters. The van der Waals surface area contributed by atoms with Crippen molar-refractivity contribution in [2.75, 3.05) is 25.1 Å². The van der Waals surface area contributed by atoms with E-state index < -0.39 is 0 Å². The van der Waals surface area contributed by atoms with Gasteiger partial charge in [-0.15, -0.1) is 0 Å². The highest BCUT2D eigenvalue weighted by atomic mass is 19.1. The first-order valence-electron chi connectivity index (χ1n) is 10.1. The number of halogens is 1. The van der Waals surface area contributed by atoms with Crippen LogP contribution in [0.25, 0.3) is 33.4 Å². The van der Waals surface area contributed by atoms with Crippen LogP contribution in [0, 0.1) is 11.7 Å². The summed E-state index contributed by atoms with van der Waals surface area (Å²) in [5.74, 6) is 0.723. The number of carbonyl (C=O) groups excluding carboxylic acids is 1. The lowest BCUT2D eigenvalue weighted by atomic mass is 9.97. The van der Waals surface area contributed by atoms with Crippen LogP contribution in [0.4, 0.5) is 10.2 Å². The summed E-state index contributed by atoms with van der Waals surface area (Å²) in [4.78, 5) is 27.3.